The lowest BCUT2D eigenvalue weighted by atomic mass is 9.80. The smallest absolute Gasteiger partial charge is 0.336 e. The predicted octanol–water partition coefficient (Wildman–Crippen LogP) is 4.80. The van der Waals surface area contributed by atoms with Crippen molar-refractivity contribution in [2.75, 3.05) is 0 Å². The Morgan fingerprint density at radius 1 is 0.792 bits per heavy atom. The monoisotopic (exact) mass is 324 g/mol. The minimum Gasteiger partial charge on any atom is -0.478 e. The SMILES string of the molecule is O=C(O)c1ccccc1-c1cccc(C2CCCCC2)c1C(=O)O. The molecule has 1 fully saturated rings. The molecule has 0 spiro atoms. The third-order valence-electron chi connectivity index (χ3n) is 4.80. The maximum atomic E-state index is 12.0. The first kappa shape index (κ1) is 16.2. The Hall–Kier alpha value is -2.62. The molecule has 2 aromatic carbocycles. The minimum atomic E-state index is -1.05. The summed E-state index contributed by atoms with van der Waals surface area (Å²) in [5, 5.41) is 19.2. The topological polar surface area (TPSA) is 74.6 Å². The fraction of sp³-hybridized carbons (Fsp3) is 0.300. The largest absolute Gasteiger partial charge is 0.478 e. The van der Waals surface area contributed by atoms with Gasteiger partial charge in [-0.1, -0.05) is 55.7 Å². The van der Waals surface area contributed by atoms with E-state index in [1.165, 1.54) is 12.5 Å². The molecule has 1 aliphatic rings. The molecule has 1 saturated carbocycles. The molecule has 0 atom stereocenters. The first-order valence-corrected chi connectivity index (χ1v) is 8.28. The summed E-state index contributed by atoms with van der Waals surface area (Å²) >= 11 is 0. The highest BCUT2D eigenvalue weighted by molar-refractivity contribution is 6.03. The highest BCUT2D eigenvalue weighted by atomic mass is 16.4. The normalized spacial score (nSPS) is 15.2. The maximum Gasteiger partial charge on any atom is 0.336 e. The van der Waals surface area contributed by atoms with Crippen molar-refractivity contribution in [1.29, 1.82) is 0 Å². The Labute approximate surface area is 140 Å². The van der Waals surface area contributed by atoms with Gasteiger partial charge < -0.3 is 10.2 Å². The van der Waals surface area contributed by atoms with Gasteiger partial charge in [-0.25, -0.2) is 9.59 Å². The number of benzene rings is 2. The summed E-state index contributed by atoms with van der Waals surface area (Å²) in [7, 11) is 0. The number of carbonyl (C=O) groups is 2. The summed E-state index contributed by atoms with van der Waals surface area (Å²) in [5.41, 5.74) is 2.16. The molecule has 0 radical (unpaired) electrons. The van der Waals surface area contributed by atoms with Crippen LogP contribution in [0.2, 0.25) is 0 Å². The van der Waals surface area contributed by atoms with E-state index >= 15 is 0 Å². The van der Waals surface area contributed by atoms with Crippen molar-refractivity contribution < 1.29 is 19.8 Å². The molecule has 0 aliphatic heterocycles. The van der Waals surface area contributed by atoms with E-state index in [1.807, 2.05) is 12.1 Å². The minimum absolute atomic E-state index is 0.126. The van der Waals surface area contributed by atoms with Crippen LogP contribution in [0.25, 0.3) is 11.1 Å². The lowest BCUT2D eigenvalue weighted by Gasteiger charge is -2.24. The second kappa shape index (κ2) is 6.87. The number of hydrogen-bond acceptors (Lipinski definition) is 2. The van der Waals surface area contributed by atoms with Gasteiger partial charge in [0.15, 0.2) is 0 Å². The van der Waals surface area contributed by atoms with Gasteiger partial charge in [0.05, 0.1) is 11.1 Å². The van der Waals surface area contributed by atoms with Crippen LogP contribution in [-0.4, -0.2) is 22.2 Å². The predicted molar refractivity (Wildman–Crippen MR) is 91.6 cm³/mol. The van der Waals surface area contributed by atoms with E-state index < -0.39 is 11.9 Å². The highest BCUT2D eigenvalue weighted by Gasteiger charge is 2.25. The van der Waals surface area contributed by atoms with Gasteiger partial charge in [-0.2, -0.15) is 0 Å². The summed E-state index contributed by atoms with van der Waals surface area (Å²) < 4.78 is 0. The number of aromatic carboxylic acids is 2. The van der Waals surface area contributed by atoms with E-state index in [9.17, 15) is 19.8 Å². The molecule has 0 aromatic heterocycles. The van der Waals surface area contributed by atoms with Crippen LogP contribution in [0.1, 0.15) is 64.3 Å². The van der Waals surface area contributed by atoms with Crippen molar-refractivity contribution in [3.8, 4) is 11.1 Å². The number of hydrogen-bond donors (Lipinski definition) is 2. The van der Waals surface area contributed by atoms with Crippen molar-refractivity contribution >= 4 is 11.9 Å². The van der Waals surface area contributed by atoms with E-state index in [1.54, 1.807) is 24.3 Å². The molecule has 2 aromatic rings. The van der Waals surface area contributed by atoms with Crippen LogP contribution in [0.3, 0.4) is 0 Å². The second-order valence-electron chi connectivity index (χ2n) is 6.26. The zero-order chi connectivity index (χ0) is 17.1. The molecule has 0 saturated heterocycles. The fourth-order valence-corrected chi connectivity index (χ4v) is 3.69. The second-order valence-corrected chi connectivity index (χ2v) is 6.26. The van der Waals surface area contributed by atoms with Crippen LogP contribution < -0.4 is 0 Å². The Bertz CT molecular complexity index is 773. The Morgan fingerprint density at radius 2 is 1.46 bits per heavy atom. The standard InChI is InChI=1S/C20H20O4/c21-19(22)17-10-5-4-9-15(17)16-12-6-11-14(18(16)20(23)24)13-7-2-1-3-8-13/h4-6,9-13H,1-3,7-8H2,(H,21,22)(H,23,24). The maximum absolute atomic E-state index is 12.0. The first-order chi connectivity index (χ1) is 11.6. The highest BCUT2D eigenvalue weighted by Crippen LogP contribution is 2.38. The van der Waals surface area contributed by atoms with Crippen molar-refractivity contribution in [1.82, 2.24) is 0 Å². The number of carboxylic acid groups (broad SMARTS) is 2. The average Bonchev–Trinajstić information content (AvgIpc) is 2.61. The molecule has 3 rings (SSSR count). The molecule has 24 heavy (non-hydrogen) atoms. The van der Waals surface area contributed by atoms with E-state index in [0.29, 0.717) is 11.1 Å². The van der Waals surface area contributed by atoms with E-state index in [2.05, 4.69) is 0 Å². The van der Waals surface area contributed by atoms with Gasteiger partial charge in [-0.05, 0) is 41.5 Å². The zero-order valence-corrected chi connectivity index (χ0v) is 13.4. The third kappa shape index (κ3) is 3.04. The quantitative estimate of drug-likeness (QED) is 0.847. The van der Waals surface area contributed by atoms with Crippen LogP contribution in [0.5, 0.6) is 0 Å². The van der Waals surface area contributed by atoms with Gasteiger partial charge in [0.25, 0.3) is 0 Å². The third-order valence-corrected chi connectivity index (χ3v) is 4.80. The first-order valence-electron chi connectivity index (χ1n) is 8.28. The van der Waals surface area contributed by atoms with E-state index in [4.69, 9.17) is 0 Å². The van der Waals surface area contributed by atoms with Crippen molar-refractivity contribution in [3.63, 3.8) is 0 Å². The summed E-state index contributed by atoms with van der Waals surface area (Å²) in [6.07, 6.45) is 5.40. The molecule has 4 nitrogen and oxygen atoms in total. The molecule has 4 heteroatoms. The van der Waals surface area contributed by atoms with Gasteiger partial charge in [0, 0.05) is 0 Å². The van der Waals surface area contributed by atoms with E-state index in [-0.39, 0.29) is 17.0 Å². The van der Waals surface area contributed by atoms with Crippen LogP contribution in [0.15, 0.2) is 42.5 Å². The van der Waals surface area contributed by atoms with Crippen LogP contribution in [0.4, 0.5) is 0 Å². The Balaban J connectivity index is 2.19. The summed E-state index contributed by atoms with van der Waals surface area (Å²) in [6.45, 7) is 0. The number of rotatable bonds is 4. The summed E-state index contributed by atoms with van der Waals surface area (Å²) in [6, 6.07) is 12.0. The van der Waals surface area contributed by atoms with Gasteiger partial charge in [-0.15, -0.1) is 0 Å². The fourth-order valence-electron chi connectivity index (χ4n) is 3.69. The van der Waals surface area contributed by atoms with Crippen molar-refractivity contribution in [2.24, 2.45) is 0 Å². The van der Waals surface area contributed by atoms with Gasteiger partial charge in [-0.3, -0.25) is 0 Å². The molecule has 0 bridgehead atoms. The molecule has 0 heterocycles. The Morgan fingerprint density at radius 3 is 2.12 bits per heavy atom. The zero-order valence-electron chi connectivity index (χ0n) is 13.4. The van der Waals surface area contributed by atoms with Crippen LogP contribution >= 0.6 is 0 Å². The van der Waals surface area contributed by atoms with Crippen LogP contribution in [0, 0.1) is 0 Å². The molecule has 2 N–H and O–H groups in total. The van der Waals surface area contributed by atoms with Crippen molar-refractivity contribution in [3.05, 3.63) is 59.2 Å². The molecule has 0 amide bonds. The van der Waals surface area contributed by atoms with Gasteiger partial charge in [0.1, 0.15) is 0 Å². The van der Waals surface area contributed by atoms with Gasteiger partial charge in [0.2, 0.25) is 0 Å². The molecule has 124 valence electrons. The van der Waals surface area contributed by atoms with E-state index in [0.717, 1.165) is 31.2 Å². The molecule has 1 aliphatic carbocycles. The van der Waals surface area contributed by atoms with Crippen molar-refractivity contribution in [2.45, 2.75) is 38.0 Å². The lowest BCUT2D eigenvalue weighted by Crippen LogP contribution is -2.12. The molecular formula is C20H20O4. The summed E-state index contributed by atoms with van der Waals surface area (Å²) in [4.78, 5) is 23.5. The molecular weight excluding hydrogens is 304 g/mol. The van der Waals surface area contributed by atoms with Crippen LogP contribution in [-0.2, 0) is 0 Å². The lowest BCUT2D eigenvalue weighted by molar-refractivity contribution is 0.0683. The number of carboxylic acids is 2. The Kier molecular flexibility index (Phi) is 4.65. The molecule has 0 unspecified atom stereocenters. The summed E-state index contributed by atoms with van der Waals surface area (Å²) in [5.74, 6) is -1.81. The van der Waals surface area contributed by atoms with Gasteiger partial charge >= 0.3 is 11.9 Å². The average molecular weight is 324 g/mol.